The van der Waals surface area contributed by atoms with Gasteiger partial charge in [-0.1, -0.05) is 6.92 Å². The van der Waals surface area contributed by atoms with Crippen molar-refractivity contribution in [2.24, 2.45) is 11.7 Å². The number of hydrogen-bond donors (Lipinski definition) is 1. The summed E-state index contributed by atoms with van der Waals surface area (Å²) in [5.41, 5.74) is 7.08. The standard InChI is InChI=1S/C18H22FN3O2/c1-12-6-7-22(16(8-12)10-20)17(23)9-15-11-24-18(21-15)13-2-4-14(19)5-3-13/h2-5,11-12,16H,6-10,20H2,1H3. The van der Waals surface area contributed by atoms with E-state index >= 15 is 0 Å². The van der Waals surface area contributed by atoms with Crippen LogP contribution in [0.15, 0.2) is 34.9 Å². The summed E-state index contributed by atoms with van der Waals surface area (Å²) in [6.45, 7) is 3.41. The fraction of sp³-hybridized carbons (Fsp3) is 0.444. The number of nitrogens with two attached hydrogens (primary N) is 1. The molecule has 0 aliphatic carbocycles. The number of carbonyl (C=O) groups is 1. The zero-order chi connectivity index (χ0) is 17.1. The molecule has 1 aromatic carbocycles. The van der Waals surface area contributed by atoms with Crippen molar-refractivity contribution in [3.05, 3.63) is 42.0 Å². The first-order chi connectivity index (χ1) is 11.6. The van der Waals surface area contributed by atoms with Gasteiger partial charge in [-0.25, -0.2) is 9.37 Å². The van der Waals surface area contributed by atoms with Crippen molar-refractivity contribution in [1.82, 2.24) is 9.88 Å². The molecular formula is C18H22FN3O2. The average Bonchev–Trinajstić information content (AvgIpc) is 3.03. The van der Waals surface area contributed by atoms with Gasteiger partial charge in [0.2, 0.25) is 11.8 Å². The molecule has 1 aliphatic heterocycles. The van der Waals surface area contributed by atoms with E-state index in [-0.39, 0.29) is 24.2 Å². The number of carbonyl (C=O) groups excluding carboxylic acids is 1. The monoisotopic (exact) mass is 331 g/mol. The van der Waals surface area contributed by atoms with Crippen molar-refractivity contribution in [2.45, 2.75) is 32.2 Å². The first-order valence-electron chi connectivity index (χ1n) is 8.26. The second kappa shape index (κ2) is 7.13. The van der Waals surface area contributed by atoms with Crippen LogP contribution in [-0.2, 0) is 11.2 Å². The van der Waals surface area contributed by atoms with Crippen molar-refractivity contribution in [3.63, 3.8) is 0 Å². The van der Waals surface area contributed by atoms with Gasteiger partial charge in [-0.3, -0.25) is 4.79 Å². The van der Waals surface area contributed by atoms with Crippen LogP contribution in [0.5, 0.6) is 0 Å². The van der Waals surface area contributed by atoms with Gasteiger partial charge < -0.3 is 15.1 Å². The van der Waals surface area contributed by atoms with Crippen molar-refractivity contribution >= 4 is 5.91 Å². The summed E-state index contributed by atoms with van der Waals surface area (Å²) in [6, 6.07) is 6.01. The number of nitrogens with zero attached hydrogens (tertiary/aromatic N) is 2. The highest BCUT2D eigenvalue weighted by Crippen LogP contribution is 2.23. The topological polar surface area (TPSA) is 72.4 Å². The maximum absolute atomic E-state index is 13.0. The molecule has 0 bridgehead atoms. The number of benzene rings is 1. The van der Waals surface area contributed by atoms with E-state index in [0.717, 1.165) is 19.4 Å². The van der Waals surface area contributed by atoms with Crippen molar-refractivity contribution in [3.8, 4) is 11.5 Å². The predicted molar refractivity (Wildman–Crippen MR) is 88.6 cm³/mol. The van der Waals surface area contributed by atoms with Crippen LogP contribution in [-0.4, -0.2) is 34.9 Å². The van der Waals surface area contributed by atoms with Crippen LogP contribution >= 0.6 is 0 Å². The summed E-state index contributed by atoms with van der Waals surface area (Å²) in [4.78, 5) is 18.8. The molecule has 1 saturated heterocycles. The highest BCUT2D eigenvalue weighted by molar-refractivity contribution is 5.79. The molecule has 2 N–H and O–H groups in total. The molecular weight excluding hydrogens is 309 g/mol. The fourth-order valence-electron chi connectivity index (χ4n) is 3.17. The Bertz CT molecular complexity index is 699. The highest BCUT2D eigenvalue weighted by atomic mass is 19.1. The number of rotatable bonds is 4. The van der Waals surface area contributed by atoms with E-state index in [2.05, 4.69) is 11.9 Å². The molecule has 2 atom stereocenters. The molecule has 1 fully saturated rings. The molecule has 2 unspecified atom stereocenters. The van der Waals surface area contributed by atoms with Crippen molar-refractivity contribution in [2.75, 3.05) is 13.1 Å². The number of amides is 1. The summed E-state index contributed by atoms with van der Waals surface area (Å²) in [6.07, 6.45) is 3.62. The van der Waals surface area contributed by atoms with Crippen LogP contribution < -0.4 is 5.73 Å². The van der Waals surface area contributed by atoms with Crippen LogP contribution in [0.1, 0.15) is 25.5 Å². The lowest BCUT2D eigenvalue weighted by molar-refractivity contribution is -0.134. The van der Waals surface area contributed by atoms with Crippen LogP contribution in [0.4, 0.5) is 4.39 Å². The summed E-state index contributed by atoms with van der Waals surface area (Å²) < 4.78 is 18.4. The largest absolute Gasteiger partial charge is 0.444 e. The molecule has 0 spiro atoms. The Morgan fingerprint density at radius 1 is 1.42 bits per heavy atom. The maximum Gasteiger partial charge on any atom is 0.229 e. The van der Waals surface area contributed by atoms with Gasteiger partial charge in [0.05, 0.1) is 12.1 Å². The second-order valence-corrected chi connectivity index (χ2v) is 6.43. The lowest BCUT2D eigenvalue weighted by Gasteiger charge is -2.38. The molecule has 1 aromatic heterocycles. The smallest absolute Gasteiger partial charge is 0.229 e. The summed E-state index contributed by atoms with van der Waals surface area (Å²) in [5.74, 6) is 0.698. The molecule has 128 valence electrons. The lowest BCUT2D eigenvalue weighted by atomic mass is 9.92. The van der Waals surface area contributed by atoms with E-state index in [1.165, 1.54) is 18.4 Å². The Balaban J connectivity index is 1.68. The maximum atomic E-state index is 13.0. The Kier molecular flexibility index (Phi) is 4.94. The Morgan fingerprint density at radius 3 is 2.88 bits per heavy atom. The predicted octanol–water partition coefficient (Wildman–Crippen LogP) is 2.61. The van der Waals surface area contributed by atoms with E-state index in [1.807, 2.05) is 4.90 Å². The molecule has 1 amide bonds. The van der Waals surface area contributed by atoms with Crippen molar-refractivity contribution < 1.29 is 13.6 Å². The first kappa shape index (κ1) is 16.6. The Labute approximate surface area is 140 Å². The number of aromatic nitrogens is 1. The zero-order valence-corrected chi connectivity index (χ0v) is 13.7. The van der Waals surface area contributed by atoms with Crippen LogP contribution in [0, 0.1) is 11.7 Å². The van der Waals surface area contributed by atoms with Crippen LogP contribution in [0.25, 0.3) is 11.5 Å². The Morgan fingerprint density at radius 2 is 2.17 bits per heavy atom. The second-order valence-electron chi connectivity index (χ2n) is 6.43. The van der Waals surface area contributed by atoms with Crippen LogP contribution in [0.2, 0.25) is 0 Å². The van der Waals surface area contributed by atoms with Gasteiger partial charge in [-0.2, -0.15) is 0 Å². The van der Waals surface area contributed by atoms with Gasteiger partial charge in [0, 0.05) is 24.7 Å². The number of hydrogen-bond acceptors (Lipinski definition) is 4. The molecule has 0 saturated carbocycles. The minimum Gasteiger partial charge on any atom is -0.444 e. The van der Waals surface area contributed by atoms with Gasteiger partial charge in [-0.15, -0.1) is 0 Å². The average molecular weight is 331 g/mol. The van der Waals surface area contributed by atoms with Gasteiger partial charge in [0.25, 0.3) is 0 Å². The summed E-state index contributed by atoms with van der Waals surface area (Å²) in [7, 11) is 0. The summed E-state index contributed by atoms with van der Waals surface area (Å²) in [5, 5.41) is 0. The fourth-order valence-corrected chi connectivity index (χ4v) is 3.17. The third kappa shape index (κ3) is 3.64. The van der Waals surface area contributed by atoms with E-state index in [9.17, 15) is 9.18 Å². The van der Waals surface area contributed by atoms with E-state index < -0.39 is 0 Å². The molecule has 2 heterocycles. The van der Waals surface area contributed by atoms with E-state index in [4.69, 9.17) is 10.2 Å². The van der Waals surface area contributed by atoms with E-state index in [1.54, 1.807) is 12.1 Å². The van der Waals surface area contributed by atoms with Gasteiger partial charge in [-0.05, 0) is 43.0 Å². The SMILES string of the molecule is CC1CCN(C(=O)Cc2coc(-c3ccc(F)cc3)n2)C(CN)C1. The number of likely N-dealkylation sites (tertiary alicyclic amines) is 1. The summed E-state index contributed by atoms with van der Waals surface area (Å²) >= 11 is 0. The molecule has 24 heavy (non-hydrogen) atoms. The van der Waals surface area contributed by atoms with Gasteiger partial charge in [0.15, 0.2) is 0 Å². The minimum absolute atomic E-state index is 0.0244. The van der Waals surface area contributed by atoms with Crippen LogP contribution in [0.3, 0.4) is 0 Å². The van der Waals surface area contributed by atoms with E-state index in [0.29, 0.717) is 29.6 Å². The first-order valence-corrected chi connectivity index (χ1v) is 8.26. The normalized spacial score (nSPS) is 21.0. The highest BCUT2D eigenvalue weighted by Gasteiger charge is 2.29. The number of halogens is 1. The zero-order valence-electron chi connectivity index (χ0n) is 13.7. The third-order valence-corrected chi connectivity index (χ3v) is 4.55. The lowest BCUT2D eigenvalue weighted by Crippen LogP contribution is -2.49. The molecule has 5 nitrogen and oxygen atoms in total. The van der Waals surface area contributed by atoms with Crippen molar-refractivity contribution in [1.29, 1.82) is 0 Å². The number of piperidine rings is 1. The molecule has 6 heteroatoms. The molecule has 2 aromatic rings. The van der Waals surface area contributed by atoms with Gasteiger partial charge in [0.1, 0.15) is 12.1 Å². The van der Waals surface area contributed by atoms with Gasteiger partial charge >= 0.3 is 0 Å². The molecule has 3 rings (SSSR count). The quantitative estimate of drug-likeness (QED) is 0.935. The third-order valence-electron chi connectivity index (χ3n) is 4.55. The Hall–Kier alpha value is -2.21. The molecule has 1 aliphatic rings. The minimum atomic E-state index is -0.312. The number of oxazole rings is 1. The molecule has 0 radical (unpaired) electrons.